The maximum atomic E-state index is 5.99. The molecular formula is C29H33N7O2. The molecule has 2 saturated heterocycles. The summed E-state index contributed by atoms with van der Waals surface area (Å²) in [4.78, 5) is 18.7. The number of fused-ring (bicyclic) bond motifs is 1. The third-order valence-corrected chi connectivity index (χ3v) is 7.00. The monoisotopic (exact) mass is 511 g/mol. The normalized spacial score (nSPS) is 16.5. The quantitative estimate of drug-likeness (QED) is 0.369. The molecule has 0 spiro atoms. The van der Waals surface area contributed by atoms with Gasteiger partial charge in [0.15, 0.2) is 0 Å². The van der Waals surface area contributed by atoms with E-state index in [9.17, 15) is 0 Å². The van der Waals surface area contributed by atoms with Crippen molar-refractivity contribution in [2.24, 2.45) is 0 Å². The molecule has 2 fully saturated rings. The number of nitrogens with one attached hydrogen (secondary N) is 2. The van der Waals surface area contributed by atoms with E-state index in [1.54, 1.807) is 0 Å². The Hall–Kier alpha value is -3.79. The molecule has 9 heteroatoms. The first-order valence-electron chi connectivity index (χ1n) is 13.3. The van der Waals surface area contributed by atoms with Crippen molar-refractivity contribution in [3.63, 3.8) is 0 Å². The summed E-state index contributed by atoms with van der Waals surface area (Å²) in [6.07, 6.45) is 3.70. The van der Waals surface area contributed by atoms with Gasteiger partial charge in [-0.1, -0.05) is 30.3 Å². The van der Waals surface area contributed by atoms with Crippen molar-refractivity contribution in [1.29, 1.82) is 0 Å². The van der Waals surface area contributed by atoms with E-state index in [4.69, 9.17) is 14.5 Å². The van der Waals surface area contributed by atoms with E-state index in [1.165, 1.54) is 0 Å². The van der Waals surface area contributed by atoms with Crippen molar-refractivity contribution in [2.45, 2.75) is 0 Å². The van der Waals surface area contributed by atoms with Crippen molar-refractivity contribution in [1.82, 2.24) is 25.2 Å². The number of benzene rings is 2. The molecule has 0 aliphatic carbocycles. The van der Waals surface area contributed by atoms with Crippen LogP contribution in [0.3, 0.4) is 0 Å². The number of hydrogen-bond donors (Lipinski definition) is 2. The van der Waals surface area contributed by atoms with Gasteiger partial charge in [-0.2, -0.15) is 0 Å². The minimum absolute atomic E-state index is 0.546. The van der Waals surface area contributed by atoms with E-state index in [-0.39, 0.29) is 0 Å². The van der Waals surface area contributed by atoms with Crippen molar-refractivity contribution in [3.05, 3.63) is 67.0 Å². The Morgan fingerprint density at radius 2 is 1.74 bits per heavy atom. The molecule has 9 nitrogen and oxygen atoms in total. The Balaban J connectivity index is 1.14. The first-order valence-corrected chi connectivity index (χ1v) is 13.3. The van der Waals surface area contributed by atoms with Gasteiger partial charge in [-0.25, -0.2) is 15.0 Å². The van der Waals surface area contributed by atoms with Crippen LogP contribution >= 0.6 is 0 Å². The van der Waals surface area contributed by atoms with Gasteiger partial charge in [0.25, 0.3) is 0 Å². The molecule has 6 rings (SSSR count). The summed E-state index contributed by atoms with van der Waals surface area (Å²) >= 11 is 0. The Kier molecular flexibility index (Phi) is 7.57. The minimum Gasteiger partial charge on any atom is -0.492 e. The van der Waals surface area contributed by atoms with Gasteiger partial charge in [0.2, 0.25) is 5.95 Å². The number of rotatable bonds is 8. The summed E-state index contributed by atoms with van der Waals surface area (Å²) in [6.45, 7) is 9.05. The van der Waals surface area contributed by atoms with Crippen LogP contribution in [-0.4, -0.2) is 85.5 Å². The Labute approximate surface area is 222 Å². The lowest BCUT2D eigenvalue weighted by molar-refractivity contribution is 0.0322. The molecule has 2 aliphatic heterocycles. The summed E-state index contributed by atoms with van der Waals surface area (Å²) in [5, 5.41) is 7.68. The summed E-state index contributed by atoms with van der Waals surface area (Å²) in [5.74, 6) is 2.41. The average Bonchev–Trinajstić information content (AvgIpc) is 2.99. The lowest BCUT2D eigenvalue weighted by Crippen LogP contribution is -2.43. The molecule has 4 heterocycles. The molecule has 2 aliphatic rings. The molecule has 2 N–H and O–H groups in total. The third kappa shape index (κ3) is 5.85. The summed E-state index contributed by atoms with van der Waals surface area (Å²) in [6, 6.07) is 18.5. The Morgan fingerprint density at radius 1 is 0.895 bits per heavy atom. The topological polar surface area (TPSA) is 87.7 Å². The van der Waals surface area contributed by atoms with E-state index < -0.39 is 0 Å². The standard InChI is InChI=1S/C29H33N7O2/c1-2-23-20-32-29(33-24-6-9-27(31-21-24)36-12-10-30-11-13-36)34-28(23)26(3-1)22-4-7-25(8-5-22)38-19-16-35-14-17-37-18-15-35/h1-9,20-21,30H,10-19H2,(H,32,33,34). The van der Waals surface area contributed by atoms with Gasteiger partial charge in [-0.3, -0.25) is 4.90 Å². The van der Waals surface area contributed by atoms with Gasteiger partial charge in [0, 0.05) is 63.0 Å². The molecule has 38 heavy (non-hydrogen) atoms. The molecule has 196 valence electrons. The molecule has 4 aromatic rings. The second-order valence-electron chi connectivity index (χ2n) is 9.53. The number of piperazine rings is 1. The lowest BCUT2D eigenvalue weighted by atomic mass is 10.0. The smallest absolute Gasteiger partial charge is 0.227 e. The Morgan fingerprint density at radius 3 is 2.53 bits per heavy atom. The Bertz CT molecular complexity index is 1340. The summed E-state index contributed by atoms with van der Waals surface area (Å²) in [5.41, 5.74) is 3.90. The molecule has 0 saturated carbocycles. The van der Waals surface area contributed by atoms with Crippen LogP contribution < -0.4 is 20.3 Å². The number of pyridine rings is 1. The van der Waals surface area contributed by atoms with Gasteiger partial charge < -0.3 is 25.0 Å². The van der Waals surface area contributed by atoms with Crippen LogP contribution in [0.5, 0.6) is 5.75 Å². The zero-order valence-electron chi connectivity index (χ0n) is 21.5. The van der Waals surface area contributed by atoms with Crippen LogP contribution in [0.4, 0.5) is 17.5 Å². The van der Waals surface area contributed by atoms with E-state index in [0.717, 1.165) is 98.3 Å². The van der Waals surface area contributed by atoms with Gasteiger partial charge in [-0.15, -0.1) is 0 Å². The van der Waals surface area contributed by atoms with Crippen molar-refractivity contribution in [3.8, 4) is 16.9 Å². The fourth-order valence-corrected chi connectivity index (χ4v) is 4.87. The van der Waals surface area contributed by atoms with E-state index in [1.807, 2.05) is 48.8 Å². The fourth-order valence-electron chi connectivity index (χ4n) is 4.87. The molecular weight excluding hydrogens is 478 g/mol. The fraction of sp³-hybridized carbons (Fsp3) is 0.345. The molecule has 0 bridgehead atoms. The highest BCUT2D eigenvalue weighted by atomic mass is 16.5. The van der Waals surface area contributed by atoms with Crippen LogP contribution in [0.25, 0.3) is 22.0 Å². The first kappa shape index (κ1) is 24.5. The number of hydrogen-bond acceptors (Lipinski definition) is 9. The van der Waals surface area contributed by atoms with Crippen molar-refractivity contribution < 1.29 is 9.47 Å². The third-order valence-electron chi connectivity index (χ3n) is 7.00. The van der Waals surface area contributed by atoms with Gasteiger partial charge in [-0.05, 0) is 29.8 Å². The van der Waals surface area contributed by atoms with Gasteiger partial charge >= 0.3 is 0 Å². The highest BCUT2D eigenvalue weighted by Gasteiger charge is 2.13. The average molecular weight is 512 g/mol. The predicted octanol–water partition coefficient (Wildman–Crippen LogP) is 3.56. The highest BCUT2D eigenvalue weighted by Crippen LogP contribution is 2.29. The number of nitrogens with zero attached hydrogens (tertiary/aromatic N) is 5. The number of ether oxygens (including phenoxy) is 2. The SMILES string of the molecule is c1cc(-c2ccc(OCCN3CCOCC3)cc2)c2nc(Nc3ccc(N4CCNCC4)nc3)ncc2c1. The van der Waals surface area contributed by atoms with Crippen molar-refractivity contribution >= 4 is 28.4 Å². The zero-order valence-corrected chi connectivity index (χ0v) is 21.5. The molecule has 2 aromatic carbocycles. The lowest BCUT2D eigenvalue weighted by Gasteiger charge is -2.28. The summed E-state index contributed by atoms with van der Waals surface area (Å²) in [7, 11) is 0. The number of anilines is 3. The highest BCUT2D eigenvalue weighted by molar-refractivity contribution is 5.94. The maximum absolute atomic E-state index is 5.99. The van der Waals surface area contributed by atoms with Crippen LogP contribution in [0, 0.1) is 0 Å². The van der Waals surface area contributed by atoms with E-state index in [0.29, 0.717) is 12.6 Å². The molecule has 2 aromatic heterocycles. The number of aromatic nitrogens is 3. The van der Waals surface area contributed by atoms with Crippen LogP contribution in [-0.2, 0) is 4.74 Å². The van der Waals surface area contributed by atoms with Crippen molar-refractivity contribution in [2.75, 3.05) is 75.9 Å². The van der Waals surface area contributed by atoms with E-state index in [2.05, 4.69) is 48.6 Å². The van der Waals surface area contributed by atoms with Gasteiger partial charge in [0.05, 0.1) is 30.6 Å². The second kappa shape index (κ2) is 11.7. The molecule has 0 atom stereocenters. The van der Waals surface area contributed by atoms with Gasteiger partial charge in [0.1, 0.15) is 18.2 Å². The number of para-hydroxylation sites is 1. The number of morpholine rings is 1. The van der Waals surface area contributed by atoms with E-state index >= 15 is 0 Å². The molecule has 0 amide bonds. The van der Waals surface area contributed by atoms with Crippen LogP contribution in [0.15, 0.2) is 67.0 Å². The first-order chi connectivity index (χ1) is 18.8. The summed E-state index contributed by atoms with van der Waals surface area (Å²) < 4.78 is 11.4. The maximum Gasteiger partial charge on any atom is 0.227 e. The molecule has 0 radical (unpaired) electrons. The largest absolute Gasteiger partial charge is 0.492 e. The minimum atomic E-state index is 0.546. The van der Waals surface area contributed by atoms with Crippen LogP contribution in [0.1, 0.15) is 0 Å². The second-order valence-corrected chi connectivity index (χ2v) is 9.53. The predicted molar refractivity (Wildman–Crippen MR) is 150 cm³/mol. The zero-order chi connectivity index (χ0) is 25.6. The molecule has 0 unspecified atom stereocenters. The van der Waals surface area contributed by atoms with Crippen LogP contribution in [0.2, 0.25) is 0 Å².